The van der Waals surface area contributed by atoms with Crippen molar-refractivity contribution in [1.82, 2.24) is 15.0 Å². The maximum Gasteiger partial charge on any atom is 0.169 e. The molecule has 5 aromatic carbocycles. The molecule has 13 nitrogen and oxygen atoms in total. The van der Waals surface area contributed by atoms with Gasteiger partial charge in [-0.1, -0.05) is 50.0 Å². The normalized spacial score (nSPS) is 18.6. The van der Waals surface area contributed by atoms with Crippen LogP contribution in [0, 0.1) is 101 Å². The smallest absolute Gasteiger partial charge is 0.169 e. The first-order valence-electron chi connectivity index (χ1n) is 29.7. The van der Waals surface area contributed by atoms with Gasteiger partial charge >= 0.3 is 0 Å². The van der Waals surface area contributed by atoms with E-state index in [0.29, 0.717) is 70.7 Å². The number of phenols is 6. The van der Waals surface area contributed by atoms with Crippen LogP contribution in [-0.4, -0.2) is 73.9 Å². The van der Waals surface area contributed by atoms with E-state index in [1.54, 1.807) is 40.7 Å². The van der Waals surface area contributed by atoms with Crippen LogP contribution in [-0.2, 0) is 6.42 Å². The van der Waals surface area contributed by atoms with Crippen LogP contribution in [0.5, 0.6) is 34.5 Å². The second-order valence-electron chi connectivity index (χ2n) is 25.4. The predicted octanol–water partition coefficient (Wildman–Crippen LogP) is 16.8. The Bertz CT molecular complexity index is 4520. The van der Waals surface area contributed by atoms with E-state index in [9.17, 15) is 51.1 Å². The lowest BCUT2D eigenvalue weighted by molar-refractivity contribution is 0.301. The van der Waals surface area contributed by atoms with Crippen LogP contribution in [0.1, 0.15) is 161 Å². The second kappa shape index (κ2) is 21.5. The summed E-state index contributed by atoms with van der Waals surface area (Å²) in [4.78, 5) is 16.3. The van der Waals surface area contributed by atoms with Crippen LogP contribution >= 0.6 is 11.3 Å². The zero-order valence-electron chi connectivity index (χ0n) is 53.7. The summed E-state index contributed by atoms with van der Waals surface area (Å²) in [6, 6.07) is 1.64. The molecule has 0 amide bonds. The van der Waals surface area contributed by atoms with Crippen molar-refractivity contribution in [3.05, 3.63) is 164 Å². The van der Waals surface area contributed by atoms with Crippen LogP contribution in [0.25, 0.3) is 65.0 Å². The van der Waals surface area contributed by atoms with Gasteiger partial charge in [-0.3, -0.25) is 0 Å². The molecule has 0 fully saturated rings. The Kier molecular flexibility index (Phi) is 15.2. The number of nitrogens with zero attached hydrogens (tertiary/aromatic N) is 3. The number of phenolic OH excluding ortho intramolecular Hbond substituents is 6. The van der Waals surface area contributed by atoms with Crippen molar-refractivity contribution in [2.45, 2.75) is 150 Å². The fourth-order valence-corrected chi connectivity index (χ4v) is 16.2. The summed E-state index contributed by atoms with van der Waals surface area (Å²) in [5.74, 6) is -4.80. The van der Waals surface area contributed by atoms with Gasteiger partial charge in [-0.2, -0.15) is 0 Å². The molecule has 0 saturated carbocycles. The van der Waals surface area contributed by atoms with Gasteiger partial charge in [0, 0.05) is 61.5 Å². The molecule has 0 radical (unpaired) electrons. The highest BCUT2D eigenvalue weighted by molar-refractivity contribution is 7.27. The standard InChI is InChI=1S/C72H80BN3O10S/c1-24(2)59(78)56(65(84)46(77)23-43-25(3)21-26(4)60(79)64(43)83)52-40(18)47-39(17)51(66(52)85)54-42(20)63(82)67(86)57-53-35(13)37(15)62(81)58(69(53)87-68(54)57)72-75-70(74-71(76-72)55-34(12)30(8)31(9)36(14)61(55)80)50-41(19)49(38(16)44(47)22-45(50)73)48-32(10)28(6)27(5)29(7)33(48)11/h21,31,36,41,49,77-86H,1,22-23,73H2,2-20H3/b59-56+,65-46-. The lowest BCUT2D eigenvalue weighted by Gasteiger charge is -2.33. The molecule has 4 unspecified atom stereocenters. The number of thiophene rings is 1. The number of aliphatic hydroxyl groups is 4. The highest BCUT2D eigenvalue weighted by atomic mass is 32.1. The van der Waals surface area contributed by atoms with Crippen molar-refractivity contribution >= 4 is 61.6 Å². The molecule has 452 valence electrons. The molecule has 2 aromatic heterocycles. The van der Waals surface area contributed by atoms with Gasteiger partial charge in [0.25, 0.3) is 0 Å². The SMILES string of the molecule is BC1=C2c3nc(C4=C(O)C(C)C(C)C(C)=C4C)nc(n3)-c3c(O)c(C)c(C)c4c3sc3c(c(C)c(O)c(O)c34)-c3c(C)c(c(C)c(C(/C(O)=C(/O)Cc4c(C)cc(C)c(O)c4O)=C(\O)C(=C)C)c3O)C(=C(C)C(c3c(C)c(C)c(C)c(C)c3C)C2C)C1. The average Bonchev–Trinajstić information content (AvgIpc) is 1.66. The maximum absolute atomic E-state index is 13.7. The first-order valence-corrected chi connectivity index (χ1v) is 30.5. The van der Waals surface area contributed by atoms with Crippen LogP contribution in [0.2, 0.25) is 0 Å². The number of aryl methyl sites for hydroxylation is 3. The number of aliphatic hydroxyl groups excluding tert-OH is 4. The molecule has 4 atom stereocenters. The molecule has 8 bridgehead atoms. The molecule has 3 heterocycles. The molecule has 1 aliphatic heterocycles. The fourth-order valence-electron chi connectivity index (χ4n) is 14.7. The van der Waals surface area contributed by atoms with Gasteiger partial charge in [-0.15, -0.1) is 11.3 Å². The Morgan fingerprint density at radius 2 is 1.11 bits per heavy atom. The third-order valence-corrected chi connectivity index (χ3v) is 22.0. The Hall–Kier alpha value is -8.43. The Balaban J connectivity index is 1.49. The second-order valence-corrected chi connectivity index (χ2v) is 26.4. The van der Waals surface area contributed by atoms with E-state index < -0.39 is 58.4 Å². The summed E-state index contributed by atoms with van der Waals surface area (Å²) in [6.45, 7) is 41.0. The van der Waals surface area contributed by atoms with Gasteiger partial charge in [-0.25, -0.2) is 15.0 Å². The van der Waals surface area contributed by atoms with Crippen molar-refractivity contribution in [2.24, 2.45) is 17.8 Å². The third kappa shape index (κ3) is 8.86. The van der Waals surface area contributed by atoms with E-state index >= 15 is 0 Å². The number of fused-ring (bicyclic) bond motifs is 11. The largest absolute Gasteiger partial charge is 0.511 e. The molecule has 10 rings (SSSR count). The number of aromatic hydroxyl groups is 6. The average molecular weight is 1190 g/mol. The maximum atomic E-state index is 13.7. The Morgan fingerprint density at radius 1 is 0.540 bits per heavy atom. The first kappa shape index (κ1) is 61.7. The Labute approximate surface area is 514 Å². The number of hydrogen-bond acceptors (Lipinski definition) is 14. The van der Waals surface area contributed by atoms with Crippen molar-refractivity contribution in [2.75, 3.05) is 0 Å². The van der Waals surface area contributed by atoms with Crippen molar-refractivity contribution in [3.8, 4) is 57.0 Å². The summed E-state index contributed by atoms with van der Waals surface area (Å²) in [5, 5.41) is 124. The lowest BCUT2D eigenvalue weighted by Crippen LogP contribution is -2.22. The van der Waals surface area contributed by atoms with Crippen LogP contribution < -0.4 is 0 Å². The Morgan fingerprint density at radius 3 is 1.72 bits per heavy atom. The molecule has 87 heavy (non-hydrogen) atoms. The number of aromatic nitrogens is 3. The first-order chi connectivity index (χ1) is 40.6. The molecule has 2 aliphatic carbocycles. The zero-order valence-corrected chi connectivity index (χ0v) is 54.5. The van der Waals surface area contributed by atoms with Crippen molar-refractivity contribution in [3.63, 3.8) is 0 Å². The summed E-state index contributed by atoms with van der Waals surface area (Å²) >= 11 is 1.20. The van der Waals surface area contributed by atoms with Crippen LogP contribution in [0.3, 0.4) is 0 Å². The van der Waals surface area contributed by atoms with Gasteiger partial charge in [0.2, 0.25) is 0 Å². The van der Waals surface area contributed by atoms with E-state index in [-0.39, 0.29) is 91.7 Å². The summed E-state index contributed by atoms with van der Waals surface area (Å²) in [7, 11) is 2.06. The van der Waals surface area contributed by atoms with Gasteiger partial charge in [-0.05, 0) is 224 Å². The lowest BCUT2D eigenvalue weighted by atomic mass is 9.71. The quantitative estimate of drug-likeness (QED) is 0.0310. The minimum absolute atomic E-state index is 0.0141. The summed E-state index contributed by atoms with van der Waals surface area (Å²) in [6.07, 6.45) is -0.247. The van der Waals surface area contributed by atoms with E-state index in [2.05, 4.69) is 76.7 Å². The number of hydrogen-bond donors (Lipinski definition) is 10. The summed E-state index contributed by atoms with van der Waals surface area (Å²) in [5.41, 5.74) is 16.7. The predicted molar refractivity (Wildman–Crippen MR) is 354 cm³/mol. The van der Waals surface area contributed by atoms with E-state index in [0.717, 1.165) is 61.2 Å². The molecule has 7 aromatic rings. The van der Waals surface area contributed by atoms with Crippen molar-refractivity contribution < 1.29 is 51.1 Å². The van der Waals surface area contributed by atoms with Gasteiger partial charge in [0.15, 0.2) is 46.2 Å². The molecular formula is C72H80BN3O10S. The minimum Gasteiger partial charge on any atom is -0.511 e. The molecule has 10 N–H and O–H groups in total. The molecular weight excluding hydrogens is 1110 g/mol. The van der Waals surface area contributed by atoms with Gasteiger partial charge in [0.05, 0.1) is 21.4 Å². The highest BCUT2D eigenvalue weighted by Crippen LogP contribution is 2.60. The summed E-state index contributed by atoms with van der Waals surface area (Å²) < 4.78 is 0.845. The topological polar surface area (TPSA) is 241 Å². The number of allylic oxidation sites excluding steroid dienone is 11. The molecule has 15 heteroatoms. The monoisotopic (exact) mass is 1190 g/mol. The fraction of sp³-hybridized carbons (Fsp3) is 0.347. The molecule has 3 aliphatic rings. The minimum atomic E-state index is -0.848. The van der Waals surface area contributed by atoms with Gasteiger partial charge < -0.3 is 51.1 Å². The number of benzene rings is 5. The molecule has 0 saturated heterocycles. The van der Waals surface area contributed by atoms with Crippen LogP contribution in [0.15, 0.2) is 63.4 Å². The highest BCUT2D eigenvalue weighted by Gasteiger charge is 2.41. The van der Waals surface area contributed by atoms with E-state index in [1.807, 2.05) is 27.7 Å². The number of rotatable bonds is 7. The van der Waals surface area contributed by atoms with Crippen molar-refractivity contribution in [1.29, 1.82) is 0 Å². The molecule has 0 spiro atoms. The van der Waals surface area contributed by atoms with E-state index in [4.69, 9.17) is 15.0 Å². The van der Waals surface area contributed by atoms with E-state index in [1.165, 1.54) is 23.8 Å². The zero-order chi connectivity index (χ0) is 64.2. The van der Waals surface area contributed by atoms with Gasteiger partial charge in [0.1, 0.15) is 36.6 Å². The van der Waals surface area contributed by atoms with Crippen LogP contribution in [0.4, 0.5) is 0 Å². The third-order valence-electron chi connectivity index (χ3n) is 20.7.